The third kappa shape index (κ3) is 2.99. The lowest BCUT2D eigenvalue weighted by Gasteiger charge is -2.26. The molecule has 20 heavy (non-hydrogen) atoms. The van der Waals surface area contributed by atoms with Gasteiger partial charge in [-0.2, -0.15) is 0 Å². The molecule has 1 N–H and O–H groups in total. The van der Waals surface area contributed by atoms with Crippen LogP contribution in [0.15, 0.2) is 39.9 Å². The number of hydrogen-bond acceptors (Lipinski definition) is 4. The monoisotopic (exact) mass is 349 g/mol. The van der Waals surface area contributed by atoms with Crippen molar-refractivity contribution in [1.29, 1.82) is 0 Å². The van der Waals surface area contributed by atoms with Gasteiger partial charge < -0.3 is 5.32 Å². The molecule has 0 spiro atoms. The van der Waals surface area contributed by atoms with Crippen LogP contribution in [0, 0.1) is 0 Å². The molecule has 3 nitrogen and oxygen atoms in total. The summed E-state index contributed by atoms with van der Waals surface area (Å²) in [5.74, 6) is 1.10. The van der Waals surface area contributed by atoms with Gasteiger partial charge in [0.05, 0.1) is 16.7 Å². The average molecular weight is 350 g/mol. The maximum atomic E-state index is 4.77. The van der Waals surface area contributed by atoms with Crippen molar-refractivity contribution in [1.82, 2.24) is 4.98 Å². The standard InChI is InChI=1S/C15H16BrN3S/c1-15(2)6-7-20-14(19-15)18-12-5-3-4-10-8-11(16)9-17-13(10)12/h3-5,8-9H,6-7H2,1-2H3,(H,18,19). The summed E-state index contributed by atoms with van der Waals surface area (Å²) < 4.78 is 0.993. The summed E-state index contributed by atoms with van der Waals surface area (Å²) in [5, 5.41) is 5.53. The molecule has 2 aromatic rings. The SMILES string of the molecule is CC1(C)CCSC(Nc2cccc3cc(Br)cnc23)=N1. The number of para-hydroxylation sites is 1. The highest BCUT2D eigenvalue weighted by Crippen LogP contribution is 2.29. The van der Waals surface area contributed by atoms with Gasteiger partial charge in [0.15, 0.2) is 5.17 Å². The largest absolute Gasteiger partial charge is 0.333 e. The first-order chi connectivity index (χ1) is 9.53. The number of anilines is 1. The lowest BCUT2D eigenvalue weighted by atomic mass is 10.0. The van der Waals surface area contributed by atoms with Crippen LogP contribution in [0.2, 0.25) is 0 Å². The molecule has 3 rings (SSSR count). The first kappa shape index (κ1) is 13.9. The van der Waals surface area contributed by atoms with Gasteiger partial charge in [0, 0.05) is 21.8 Å². The van der Waals surface area contributed by atoms with Crippen LogP contribution in [0.3, 0.4) is 0 Å². The van der Waals surface area contributed by atoms with Gasteiger partial charge in [0.25, 0.3) is 0 Å². The van der Waals surface area contributed by atoms with E-state index in [4.69, 9.17) is 4.99 Å². The van der Waals surface area contributed by atoms with E-state index >= 15 is 0 Å². The Bertz CT molecular complexity index is 682. The number of pyridine rings is 1. The van der Waals surface area contributed by atoms with E-state index in [2.05, 4.69) is 52.2 Å². The highest BCUT2D eigenvalue weighted by molar-refractivity contribution is 9.10. The fraction of sp³-hybridized carbons (Fsp3) is 0.333. The second-order valence-corrected chi connectivity index (χ2v) is 7.48. The highest BCUT2D eigenvalue weighted by atomic mass is 79.9. The summed E-state index contributed by atoms with van der Waals surface area (Å²) in [6.07, 6.45) is 2.94. The summed E-state index contributed by atoms with van der Waals surface area (Å²) in [7, 11) is 0. The van der Waals surface area contributed by atoms with Crippen molar-refractivity contribution in [2.45, 2.75) is 25.8 Å². The molecule has 1 aliphatic rings. The van der Waals surface area contributed by atoms with E-state index in [1.165, 1.54) is 0 Å². The number of nitrogens with zero attached hydrogens (tertiary/aromatic N) is 2. The van der Waals surface area contributed by atoms with Crippen LogP contribution >= 0.6 is 27.7 Å². The second kappa shape index (κ2) is 5.37. The molecule has 0 aliphatic carbocycles. The maximum Gasteiger partial charge on any atom is 0.161 e. The summed E-state index contributed by atoms with van der Waals surface area (Å²) >= 11 is 5.23. The van der Waals surface area contributed by atoms with Crippen molar-refractivity contribution in [2.75, 3.05) is 11.1 Å². The Morgan fingerprint density at radius 2 is 2.20 bits per heavy atom. The predicted molar refractivity (Wildman–Crippen MR) is 91.7 cm³/mol. The van der Waals surface area contributed by atoms with Crippen molar-refractivity contribution >= 4 is 49.4 Å². The molecule has 0 saturated carbocycles. The number of aromatic nitrogens is 1. The van der Waals surface area contributed by atoms with Gasteiger partial charge >= 0.3 is 0 Å². The summed E-state index contributed by atoms with van der Waals surface area (Å²) in [5.41, 5.74) is 2.01. The van der Waals surface area contributed by atoms with Crippen molar-refractivity contribution in [3.8, 4) is 0 Å². The molecule has 5 heteroatoms. The molecule has 0 amide bonds. The fourth-order valence-corrected chi connectivity index (χ4v) is 3.81. The number of rotatable bonds is 1. The number of fused-ring (bicyclic) bond motifs is 1. The van der Waals surface area contributed by atoms with Gasteiger partial charge in [-0.15, -0.1) is 0 Å². The molecule has 1 aromatic heterocycles. The van der Waals surface area contributed by atoms with Crippen LogP contribution in [0.5, 0.6) is 0 Å². The molecule has 0 fully saturated rings. The number of halogens is 1. The van der Waals surface area contributed by atoms with E-state index in [1.807, 2.05) is 18.3 Å². The Hall–Kier alpha value is -1.07. The minimum atomic E-state index is 0.0224. The minimum absolute atomic E-state index is 0.0224. The number of amidine groups is 1. The highest BCUT2D eigenvalue weighted by Gasteiger charge is 2.22. The fourth-order valence-electron chi connectivity index (χ4n) is 2.17. The van der Waals surface area contributed by atoms with E-state index < -0.39 is 0 Å². The Morgan fingerprint density at radius 3 is 3.00 bits per heavy atom. The zero-order chi connectivity index (χ0) is 14.2. The lowest BCUT2D eigenvalue weighted by molar-refractivity contribution is 0.507. The van der Waals surface area contributed by atoms with Crippen LogP contribution < -0.4 is 5.32 Å². The molecule has 104 valence electrons. The van der Waals surface area contributed by atoms with Gasteiger partial charge in [0.2, 0.25) is 0 Å². The van der Waals surface area contributed by atoms with Crippen LogP contribution in [0.4, 0.5) is 5.69 Å². The summed E-state index contributed by atoms with van der Waals surface area (Å²) in [6, 6.07) is 8.23. The van der Waals surface area contributed by atoms with Crippen LogP contribution in [-0.2, 0) is 0 Å². The Balaban J connectivity index is 1.97. The van der Waals surface area contributed by atoms with Gasteiger partial charge in [-0.3, -0.25) is 9.98 Å². The molecular weight excluding hydrogens is 334 g/mol. The van der Waals surface area contributed by atoms with E-state index in [1.54, 1.807) is 11.8 Å². The molecule has 2 heterocycles. The molecule has 0 atom stereocenters. The smallest absolute Gasteiger partial charge is 0.161 e. The molecular formula is C15H16BrN3S. The zero-order valence-corrected chi connectivity index (χ0v) is 13.9. The maximum absolute atomic E-state index is 4.77. The Kier molecular flexibility index (Phi) is 3.73. The molecule has 0 unspecified atom stereocenters. The van der Waals surface area contributed by atoms with Crippen LogP contribution in [-0.4, -0.2) is 21.4 Å². The van der Waals surface area contributed by atoms with Gasteiger partial charge in [-0.1, -0.05) is 23.9 Å². The van der Waals surface area contributed by atoms with Crippen LogP contribution in [0.25, 0.3) is 10.9 Å². The van der Waals surface area contributed by atoms with E-state index in [0.29, 0.717) is 0 Å². The molecule has 0 bridgehead atoms. The van der Waals surface area contributed by atoms with Crippen molar-refractivity contribution < 1.29 is 0 Å². The lowest BCUT2D eigenvalue weighted by Crippen LogP contribution is -2.27. The minimum Gasteiger partial charge on any atom is -0.333 e. The quantitative estimate of drug-likeness (QED) is 0.811. The first-order valence-electron chi connectivity index (χ1n) is 6.57. The van der Waals surface area contributed by atoms with Gasteiger partial charge in [0.1, 0.15) is 0 Å². The Labute approximate surface area is 131 Å². The average Bonchev–Trinajstić information content (AvgIpc) is 2.37. The van der Waals surface area contributed by atoms with Gasteiger partial charge in [-0.25, -0.2) is 0 Å². The van der Waals surface area contributed by atoms with E-state index in [9.17, 15) is 0 Å². The van der Waals surface area contributed by atoms with Crippen molar-refractivity contribution in [3.63, 3.8) is 0 Å². The molecule has 1 aromatic carbocycles. The number of benzene rings is 1. The third-order valence-corrected chi connectivity index (χ3v) is 4.58. The van der Waals surface area contributed by atoms with Gasteiger partial charge in [-0.05, 0) is 48.3 Å². The topological polar surface area (TPSA) is 37.3 Å². The second-order valence-electron chi connectivity index (χ2n) is 5.48. The van der Waals surface area contributed by atoms with Crippen LogP contribution in [0.1, 0.15) is 20.3 Å². The number of hydrogen-bond donors (Lipinski definition) is 1. The first-order valence-corrected chi connectivity index (χ1v) is 8.35. The molecule has 0 radical (unpaired) electrons. The Morgan fingerprint density at radius 1 is 1.35 bits per heavy atom. The molecule has 0 saturated heterocycles. The number of nitrogens with one attached hydrogen (secondary N) is 1. The number of thioether (sulfide) groups is 1. The van der Waals surface area contributed by atoms with E-state index in [0.717, 1.165) is 38.4 Å². The number of aliphatic imine (C=N–C) groups is 1. The third-order valence-electron chi connectivity index (χ3n) is 3.28. The summed E-state index contributed by atoms with van der Waals surface area (Å²) in [4.78, 5) is 9.27. The molecule has 1 aliphatic heterocycles. The van der Waals surface area contributed by atoms with E-state index in [-0.39, 0.29) is 5.54 Å². The summed E-state index contributed by atoms with van der Waals surface area (Å²) in [6.45, 7) is 4.35. The zero-order valence-electron chi connectivity index (χ0n) is 11.5. The van der Waals surface area contributed by atoms with Crippen molar-refractivity contribution in [2.24, 2.45) is 4.99 Å². The van der Waals surface area contributed by atoms with Crippen molar-refractivity contribution in [3.05, 3.63) is 34.9 Å². The normalized spacial score (nSPS) is 17.9. The predicted octanol–water partition coefficient (Wildman–Crippen LogP) is 4.68.